The minimum Gasteiger partial charge on any atom is -0.481 e. The maximum Gasteiger partial charge on any atom is 0.265 e. The summed E-state index contributed by atoms with van der Waals surface area (Å²) in [5.41, 5.74) is 1.43. The number of ether oxygens (including phenoxy) is 1. The molecule has 0 fully saturated rings. The third-order valence-corrected chi connectivity index (χ3v) is 5.36. The van der Waals surface area contributed by atoms with Crippen LogP contribution in [0, 0.1) is 6.92 Å². The molecule has 0 bridgehead atoms. The molecule has 0 saturated heterocycles. The zero-order chi connectivity index (χ0) is 18.6. The maximum absolute atomic E-state index is 12.3. The zero-order valence-corrected chi connectivity index (χ0v) is 15.5. The van der Waals surface area contributed by atoms with E-state index in [1.807, 2.05) is 25.1 Å². The molecule has 7 heteroatoms. The fourth-order valence-corrected chi connectivity index (χ4v) is 3.08. The topological polar surface area (TPSA) is 75.7 Å². The molecule has 0 heterocycles. The van der Waals surface area contributed by atoms with Gasteiger partial charge in [0.25, 0.3) is 5.91 Å². The van der Waals surface area contributed by atoms with Crippen molar-refractivity contribution in [3.8, 4) is 5.75 Å². The molecule has 25 heavy (non-hydrogen) atoms. The molecule has 1 N–H and O–H groups in total. The van der Waals surface area contributed by atoms with Gasteiger partial charge in [0.2, 0.25) is 10.0 Å². The Morgan fingerprint density at radius 3 is 2.44 bits per heavy atom. The highest BCUT2D eigenvalue weighted by molar-refractivity contribution is 7.89. The summed E-state index contributed by atoms with van der Waals surface area (Å²) in [6, 6.07) is 13.5. The number of hydrogen-bond acceptors (Lipinski definition) is 4. The van der Waals surface area contributed by atoms with Crippen molar-refractivity contribution < 1.29 is 17.9 Å². The monoisotopic (exact) mass is 362 g/mol. The van der Waals surface area contributed by atoms with Gasteiger partial charge in [0.1, 0.15) is 5.75 Å². The number of sulfonamides is 1. The Bertz CT molecular complexity index is 863. The second kappa shape index (κ2) is 7.67. The number of anilines is 1. The Kier molecular flexibility index (Phi) is 5.81. The summed E-state index contributed by atoms with van der Waals surface area (Å²) >= 11 is 0. The number of benzene rings is 2. The molecule has 1 atom stereocenters. The van der Waals surface area contributed by atoms with E-state index in [-0.39, 0.29) is 10.8 Å². The van der Waals surface area contributed by atoms with E-state index in [0.29, 0.717) is 11.4 Å². The van der Waals surface area contributed by atoms with Gasteiger partial charge >= 0.3 is 0 Å². The molecular weight excluding hydrogens is 340 g/mol. The number of carbonyl (C=O) groups is 1. The van der Waals surface area contributed by atoms with Crippen molar-refractivity contribution >= 4 is 21.6 Å². The van der Waals surface area contributed by atoms with Crippen molar-refractivity contribution in [1.82, 2.24) is 4.31 Å². The average molecular weight is 362 g/mol. The molecule has 2 aromatic rings. The van der Waals surface area contributed by atoms with Crippen molar-refractivity contribution in [3.05, 3.63) is 54.1 Å². The summed E-state index contributed by atoms with van der Waals surface area (Å²) in [6.45, 7) is 3.58. The van der Waals surface area contributed by atoms with Gasteiger partial charge in [-0.05, 0) is 49.7 Å². The van der Waals surface area contributed by atoms with Crippen LogP contribution in [0.25, 0.3) is 0 Å². The highest BCUT2D eigenvalue weighted by Gasteiger charge is 2.19. The molecule has 2 rings (SSSR count). The van der Waals surface area contributed by atoms with Gasteiger partial charge in [0.15, 0.2) is 6.10 Å². The lowest BCUT2D eigenvalue weighted by Gasteiger charge is -2.16. The van der Waals surface area contributed by atoms with Crippen molar-refractivity contribution in [2.45, 2.75) is 24.8 Å². The third kappa shape index (κ3) is 4.80. The van der Waals surface area contributed by atoms with E-state index in [4.69, 9.17) is 4.74 Å². The number of nitrogens with one attached hydrogen (secondary N) is 1. The van der Waals surface area contributed by atoms with Crippen LogP contribution in [-0.4, -0.2) is 38.8 Å². The van der Waals surface area contributed by atoms with Gasteiger partial charge in [0, 0.05) is 19.8 Å². The first kappa shape index (κ1) is 19.0. The fraction of sp³-hybridized carbons (Fsp3) is 0.278. The molecule has 0 saturated carbocycles. The SMILES string of the molecule is Cc1cccc(O[C@@H](C)C(=O)Nc2cccc(S(=O)(=O)N(C)C)c2)c1. The first-order valence-electron chi connectivity index (χ1n) is 7.77. The van der Waals surface area contributed by atoms with E-state index >= 15 is 0 Å². The van der Waals surface area contributed by atoms with Crippen LogP contribution in [0.2, 0.25) is 0 Å². The molecule has 0 spiro atoms. The second-order valence-corrected chi connectivity index (χ2v) is 8.03. The molecule has 0 aromatic heterocycles. The van der Waals surface area contributed by atoms with Crippen LogP contribution in [0.5, 0.6) is 5.75 Å². The summed E-state index contributed by atoms with van der Waals surface area (Å²) < 4.78 is 31.1. The van der Waals surface area contributed by atoms with Crippen molar-refractivity contribution in [2.75, 3.05) is 19.4 Å². The number of rotatable bonds is 6. The average Bonchev–Trinajstić information content (AvgIpc) is 2.54. The van der Waals surface area contributed by atoms with Gasteiger partial charge in [-0.3, -0.25) is 4.79 Å². The summed E-state index contributed by atoms with van der Waals surface area (Å²) in [5.74, 6) is 0.243. The van der Waals surface area contributed by atoms with Crippen LogP contribution in [-0.2, 0) is 14.8 Å². The van der Waals surface area contributed by atoms with Crippen molar-refractivity contribution in [2.24, 2.45) is 0 Å². The van der Waals surface area contributed by atoms with Gasteiger partial charge < -0.3 is 10.1 Å². The molecule has 0 aliphatic carbocycles. The van der Waals surface area contributed by atoms with Gasteiger partial charge in [-0.25, -0.2) is 12.7 Å². The molecule has 0 unspecified atom stereocenters. The summed E-state index contributed by atoms with van der Waals surface area (Å²) in [7, 11) is -0.645. The van der Waals surface area contributed by atoms with Gasteiger partial charge in [-0.15, -0.1) is 0 Å². The lowest BCUT2D eigenvalue weighted by atomic mass is 10.2. The first-order valence-corrected chi connectivity index (χ1v) is 9.21. The van der Waals surface area contributed by atoms with Crippen LogP contribution in [0.4, 0.5) is 5.69 Å². The zero-order valence-electron chi connectivity index (χ0n) is 14.7. The number of hydrogen-bond donors (Lipinski definition) is 1. The number of aryl methyl sites for hydroxylation is 1. The predicted octanol–water partition coefficient (Wildman–Crippen LogP) is 2.65. The largest absolute Gasteiger partial charge is 0.481 e. The van der Waals surface area contributed by atoms with E-state index in [9.17, 15) is 13.2 Å². The molecule has 2 aromatic carbocycles. The van der Waals surface area contributed by atoms with E-state index in [0.717, 1.165) is 9.87 Å². The molecule has 1 amide bonds. The minimum absolute atomic E-state index is 0.113. The highest BCUT2D eigenvalue weighted by Crippen LogP contribution is 2.19. The van der Waals surface area contributed by atoms with E-state index < -0.39 is 16.1 Å². The van der Waals surface area contributed by atoms with Crippen LogP contribution in [0.3, 0.4) is 0 Å². The van der Waals surface area contributed by atoms with E-state index in [1.54, 1.807) is 25.1 Å². The second-order valence-electron chi connectivity index (χ2n) is 5.88. The Hall–Kier alpha value is -2.38. The Balaban J connectivity index is 2.10. The molecule has 0 radical (unpaired) electrons. The Morgan fingerprint density at radius 1 is 1.12 bits per heavy atom. The quantitative estimate of drug-likeness (QED) is 0.857. The van der Waals surface area contributed by atoms with Crippen molar-refractivity contribution in [3.63, 3.8) is 0 Å². The molecule has 0 aliphatic rings. The van der Waals surface area contributed by atoms with Crippen LogP contribution < -0.4 is 10.1 Å². The summed E-state index contributed by atoms with van der Waals surface area (Å²) in [6.07, 6.45) is -0.726. The lowest BCUT2D eigenvalue weighted by molar-refractivity contribution is -0.122. The molecule has 6 nitrogen and oxygen atoms in total. The number of carbonyl (C=O) groups excluding carboxylic acids is 1. The number of amides is 1. The maximum atomic E-state index is 12.3. The minimum atomic E-state index is -3.56. The molecular formula is C18H22N2O4S. The highest BCUT2D eigenvalue weighted by atomic mass is 32.2. The predicted molar refractivity (Wildman–Crippen MR) is 97.2 cm³/mol. The Labute approximate surface area is 148 Å². The molecule has 0 aliphatic heterocycles. The fourth-order valence-electron chi connectivity index (χ4n) is 2.14. The van der Waals surface area contributed by atoms with Crippen LogP contribution in [0.15, 0.2) is 53.4 Å². The van der Waals surface area contributed by atoms with Crippen LogP contribution in [0.1, 0.15) is 12.5 Å². The summed E-state index contributed by atoms with van der Waals surface area (Å²) in [4.78, 5) is 12.4. The Morgan fingerprint density at radius 2 is 1.80 bits per heavy atom. The van der Waals surface area contributed by atoms with Gasteiger partial charge in [-0.1, -0.05) is 18.2 Å². The van der Waals surface area contributed by atoms with Gasteiger partial charge in [0.05, 0.1) is 4.90 Å². The van der Waals surface area contributed by atoms with E-state index in [1.165, 1.54) is 26.2 Å². The molecule has 134 valence electrons. The van der Waals surface area contributed by atoms with Gasteiger partial charge in [-0.2, -0.15) is 0 Å². The van der Waals surface area contributed by atoms with Crippen molar-refractivity contribution in [1.29, 1.82) is 0 Å². The summed E-state index contributed by atoms with van der Waals surface area (Å²) in [5, 5.41) is 2.68. The van der Waals surface area contributed by atoms with Crippen LogP contribution >= 0.6 is 0 Å². The smallest absolute Gasteiger partial charge is 0.265 e. The lowest BCUT2D eigenvalue weighted by Crippen LogP contribution is -2.30. The standard InChI is InChI=1S/C18H22N2O4S/c1-13-7-5-9-16(11-13)24-14(2)18(21)19-15-8-6-10-17(12-15)25(22,23)20(3)4/h5-12,14H,1-4H3,(H,19,21)/t14-/m0/s1. The number of nitrogens with zero attached hydrogens (tertiary/aromatic N) is 1. The normalized spacial score (nSPS) is 12.7. The third-order valence-electron chi connectivity index (χ3n) is 3.55. The first-order chi connectivity index (χ1) is 11.7. The van der Waals surface area contributed by atoms with E-state index in [2.05, 4.69) is 5.32 Å².